The molecule has 1 rings (SSSR count). The molecule has 1 heterocycles. The molecule has 0 radical (unpaired) electrons. The van der Waals surface area contributed by atoms with Crippen LogP contribution < -0.4 is 0 Å². The predicted molar refractivity (Wildman–Crippen MR) is 51.2 cm³/mol. The van der Waals surface area contributed by atoms with E-state index in [0.29, 0.717) is 5.57 Å². The molecule has 0 saturated carbocycles. The number of phosphoric ester groups is 1. The van der Waals surface area contributed by atoms with Crippen molar-refractivity contribution in [1.82, 2.24) is 0 Å². The second-order valence-electron chi connectivity index (χ2n) is 2.86. The number of esters is 1. The van der Waals surface area contributed by atoms with Crippen LogP contribution in [0.5, 0.6) is 0 Å². The van der Waals surface area contributed by atoms with Gasteiger partial charge in [-0.2, -0.15) is 0 Å². The van der Waals surface area contributed by atoms with E-state index in [1.54, 1.807) is 0 Å². The Hall–Kier alpha value is -0.680. The molecule has 0 atom stereocenters. The summed E-state index contributed by atoms with van der Waals surface area (Å²) in [6, 6.07) is 0. The van der Waals surface area contributed by atoms with E-state index in [0.717, 1.165) is 0 Å². The van der Waals surface area contributed by atoms with Crippen molar-refractivity contribution in [2.75, 3.05) is 26.4 Å². The van der Waals surface area contributed by atoms with Crippen molar-refractivity contribution in [1.29, 1.82) is 0 Å². The summed E-state index contributed by atoms with van der Waals surface area (Å²) in [5.74, 6) is -0.509. The zero-order chi connectivity index (χ0) is 11.3. The first kappa shape index (κ1) is 12.4. The first-order valence-electron chi connectivity index (χ1n) is 4.40. The zero-order valence-corrected chi connectivity index (χ0v) is 9.33. The molecule has 0 aliphatic carbocycles. The zero-order valence-electron chi connectivity index (χ0n) is 8.43. The maximum absolute atomic E-state index is 11.4. The molecule has 1 saturated heterocycles. The molecular formula is C8H13O6P. The normalized spacial score (nSPS) is 18.7. The third kappa shape index (κ3) is 4.13. The minimum Gasteiger partial charge on any atom is -0.460 e. The minimum absolute atomic E-state index is 0.0115. The van der Waals surface area contributed by atoms with Gasteiger partial charge in [0.15, 0.2) is 0 Å². The van der Waals surface area contributed by atoms with Gasteiger partial charge in [0.25, 0.3) is 0 Å². The van der Waals surface area contributed by atoms with Gasteiger partial charge in [-0.05, 0) is 6.92 Å². The van der Waals surface area contributed by atoms with Crippen LogP contribution in [0.15, 0.2) is 12.2 Å². The number of rotatable bonds is 5. The van der Waals surface area contributed by atoms with Crippen molar-refractivity contribution in [3.63, 3.8) is 0 Å². The highest BCUT2D eigenvalue weighted by molar-refractivity contribution is 7.48. The van der Waals surface area contributed by atoms with Crippen molar-refractivity contribution in [3.05, 3.63) is 12.2 Å². The molecule has 86 valence electrons. The summed E-state index contributed by atoms with van der Waals surface area (Å²) in [5, 5.41) is 0. The lowest BCUT2D eigenvalue weighted by atomic mass is 10.4. The summed E-state index contributed by atoms with van der Waals surface area (Å²) >= 11 is 0. The van der Waals surface area contributed by atoms with Crippen molar-refractivity contribution in [2.24, 2.45) is 0 Å². The van der Waals surface area contributed by atoms with Crippen LogP contribution in [0.25, 0.3) is 0 Å². The van der Waals surface area contributed by atoms with Crippen molar-refractivity contribution < 1.29 is 27.7 Å². The van der Waals surface area contributed by atoms with E-state index in [9.17, 15) is 9.36 Å². The Bertz CT molecular complexity index is 290. The maximum Gasteiger partial charge on any atom is 0.475 e. The molecule has 7 heteroatoms. The monoisotopic (exact) mass is 236 g/mol. The predicted octanol–water partition coefficient (Wildman–Crippen LogP) is 1.28. The first-order chi connectivity index (χ1) is 7.03. The Morgan fingerprint density at radius 3 is 2.53 bits per heavy atom. The van der Waals surface area contributed by atoms with Gasteiger partial charge >= 0.3 is 13.8 Å². The van der Waals surface area contributed by atoms with Crippen LogP contribution in [0, 0.1) is 0 Å². The molecule has 0 aromatic carbocycles. The summed E-state index contributed by atoms with van der Waals surface area (Å²) in [7, 11) is -3.37. The van der Waals surface area contributed by atoms with Crippen LogP contribution >= 0.6 is 7.82 Å². The molecular weight excluding hydrogens is 223 g/mol. The molecule has 6 nitrogen and oxygen atoms in total. The fourth-order valence-electron chi connectivity index (χ4n) is 0.817. The third-order valence-corrected chi connectivity index (χ3v) is 2.99. The maximum atomic E-state index is 11.4. The lowest BCUT2D eigenvalue weighted by molar-refractivity contribution is -0.139. The van der Waals surface area contributed by atoms with E-state index in [2.05, 4.69) is 6.58 Å². The Kier molecular flexibility index (Phi) is 4.47. The topological polar surface area (TPSA) is 71.1 Å². The molecule has 0 N–H and O–H groups in total. The largest absolute Gasteiger partial charge is 0.475 e. The van der Waals surface area contributed by atoms with Crippen molar-refractivity contribution in [3.8, 4) is 0 Å². The quantitative estimate of drug-likeness (QED) is 0.310. The van der Waals surface area contributed by atoms with E-state index in [4.69, 9.17) is 18.3 Å². The smallest absolute Gasteiger partial charge is 0.460 e. The number of carbonyl (C=O) groups excluding carboxylic acids is 1. The SMILES string of the molecule is C=C(C)C(=O)OCCOP1(=O)OCCO1. The fourth-order valence-corrected chi connectivity index (χ4v) is 1.93. The van der Waals surface area contributed by atoms with Crippen molar-refractivity contribution in [2.45, 2.75) is 6.92 Å². The van der Waals surface area contributed by atoms with E-state index < -0.39 is 13.8 Å². The second kappa shape index (κ2) is 5.42. The molecule has 0 spiro atoms. The molecule has 0 aromatic rings. The summed E-state index contributed by atoms with van der Waals surface area (Å²) in [4.78, 5) is 10.9. The number of ether oxygens (including phenoxy) is 1. The molecule has 0 unspecified atom stereocenters. The lowest BCUT2D eigenvalue weighted by Crippen LogP contribution is -2.10. The van der Waals surface area contributed by atoms with Crippen LogP contribution in [0.2, 0.25) is 0 Å². The van der Waals surface area contributed by atoms with Crippen LogP contribution in [-0.2, 0) is 27.7 Å². The van der Waals surface area contributed by atoms with Crippen LogP contribution in [-0.4, -0.2) is 32.4 Å². The summed E-state index contributed by atoms with van der Waals surface area (Å²) in [6.07, 6.45) is 0. The Morgan fingerprint density at radius 1 is 1.40 bits per heavy atom. The molecule has 0 aromatic heterocycles. The summed E-state index contributed by atoms with van der Waals surface area (Å²) in [5.41, 5.74) is 0.301. The van der Waals surface area contributed by atoms with Gasteiger partial charge in [-0.15, -0.1) is 0 Å². The van der Waals surface area contributed by atoms with E-state index in [1.165, 1.54) is 6.92 Å². The number of hydrogen-bond acceptors (Lipinski definition) is 6. The van der Waals surface area contributed by atoms with Crippen LogP contribution in [0.3, 0.4) is 0 Å². The van der Waals surface area contributed by atoms with Gasteiger partial charge in [0.05, 0.1) is 19.8 Å². The standard InChI is InChI=1S/C8H13O6P/c1-7(2)8(9)11-3-4-12-15(10)13-5-6-14-15/h1,3-6H2,2H3. The highest BCUT2D eigenvalue weighted by Crippen LogP contribution is 2.52. The molecule has 1 aliphatic rings. The van der Waals surface area contributed by atoms with Gasteiger partial charge in [0.1, 0.15) is 6.61 Å². The third-order valence-electron chi connectivity index (χ3n) is 1.50. The molecule has 15 heavy (non-hydrogen) atoms. The van der Waals surface area contributed by atoms with E-state index in [1.807, 2.05) is 0 Å². The summed E-state index contributed by atoms with van der Waals surface area (Å²) < 4.78 is 30.4. The first-order valence-corrected chi connectivity index (χ1v) is 5.86. The van der Waals surface area contributed by atoms with Gasteiger partial charge in [-0.25, -0.2) is 9.36 Å². The van der Waals surface area contributed by atoms with Gasteiger partial charge in [-0.1, -0.05) is 6.58 Å². The number of carbonyl (C=O) groups is 1. The number of hydrogen-bond donors (Lipinski definition) is 0. The van der Waals surface area contributed by atoms with Crippen LogP contribution in [0.1, 0.15) is 6.92 Å². The summed E-state index contributed by atoms with van der Waals surface area (Å²) in [6.45, 7) is 5.40. The van der Waals surface area contributed by atoms with Gasteiger partial charge in [-0.3, -0.25) is 13.6 Å². The van der Waals surface area contributed by atoms with E-state index in [-0.39, 0.29) is 26.4 Å². The minimum atomic E-state index is -3.37. The molecule has 1 aliphatic heterocycles. The molecule has 0 amide bonds. The van der Waals surface area contributed by atoms with Crippen LogP contribution in [0.4, 0.5) is 0 Å². The fraction of sp³-hybridized carbons (Fsp3) is 0.625. The Morgan fingerprint density at radius 2 is 2.00 bits per heavy atom. The second-order valence-corrected chi connectivity index (χ2v) is 4.53. The van der Waals surface area contributed by atoms with Gasteiger partial charge < -0.3 is 4.74 Å². The molecule has 0 bridgehead atoms. The Labute approximate surface area is 87.8 Å². The highest BCUT2D eigenvalue weighted by atomic mass is 31.2. The average Bonchev–Trinajstić information content (AvgIpc) is 2.60. The Balaban J connectivity index is 2.14. The lowest BCUT2D eigenvalue weighted by Gasteiger charge is -2.09. The molecule has 1 fully saturated rings. The highest BCUT2D eigenvalue weighted by Gasteiger charge is 2.31. The van der Waals surface area contributed by atoms with E-state index >= 15 is 0 Å². The van der Waals surface area contributed by atoms with Gasteiger partial charge in [0.2, 0.25) is 0 Å². The number of phosphoric acid groups is 1. The van der Waals surface area contributed by atoms with Crippen molar-refractivity contribution >= 4 is 13.8 Å². The average molecular weight is 236 g/mol. The van der Waals surface area contributed by atoms with Gasteiger partial charge in [0, 0.05) is 5.57 Å².